The first-order valence-corrected chi connectivity index (χ1v) is 7.82. The van der Waals surface area contributed by atoms with Crippen LogP contribution in [0.1, 0.15) is 17.4 Å². The number of nitrogens with one attached hydrogen (secondary N) is 1. The van der Waals surface area contributed by atoms with Gasteiger partial charge in [0.05, 0.1) is 23.8 Å². The maximum atomic E-state index is 14.4. The molecule has 0 aliphatic carbocycles. The van der Waals surface area contributed by atoms with Crippen LogP contribution in [0.4, 0.5) is 15.8 Å². The number of nitro groups is 1. The van der Waals surface area contributed by atoms with Gasteiger partial charge in [0.15, 0.2) is 5.82 Å². The van der Waals surface area contributed by atoms with Crippen LogP contribution in [0.3, 0.4) is 0 Å². The molecule has 0 bridgehead atoms. The molecular weight excluding hydrogens is 339 g/mol. The summed E-state index contributed by atoms with van der Waals surface area (Å²) in [6, 6.07) is 10.3. The fourth-order valence-electron chi connectivity index (χ4n) is 2.73. The van der Waals surface area contributed by atoms with Crippen molar-refractivity contribution in [2.45, 2.75) is 6.04 Å². The van der Waals surface area contributed by atoms with Crippen LogP contribution in [-0.4, -0.2) is 21.6 Å². The number of aromatic nitrogens is 2. The summed E-state index contributed by atoms with van der Waals surface area (Å²) in [4.78, 5) is 14.5. The van der Waals surface area contributed by atoms with Gasteiger partial charge in [0.1, 0.15) is 17.6 Å². The van der Waals surface area contributed by atoms with E-state index in [4.69, 9.17) is 4.74 Å². The van der Waals surface area contributed by atoms with E-state index >= 15 is 0 Å². The van der Waals surface area contributed by atoms with Crippen LogP contribution in [0, 0.1) is 15.9 Å². The topological polar surface area (TPSA) is 82.2 Å². The van der Waals surface area contributed by atoms with Gasteiger partial charge in [-0.2, -0.15) is 0 Å². The van der Waals surface area contributed by atoms with E-state index in [1.165, 1.54) is 12.1 Å². The first-order chi connectivity index (χ1) is 12.5. The molecule has 3 aromatic rings. The maximum Gasteiger partial charge on any atom is 0.272 e. The maximum absolute atomic E-state index is 14.4. The Kier molecular flexibility index (Phi) is 4.83. The lowest BCUT2D eigenvalue weighted by Crippen LogP contribution is -2.18. The molecule has 2 aromatic carbocycles. The van der Waals surface area contributed by atoms with Crippen LogP contribution in [0.15, 0.2) is 54.9 Å². The molecule has 0 radical (unpaired) electrons. The zero-order valence-corrected chi connectivity index (χ0v) is 14.2. The van der Waals surface area contributed by atoms with E-state index in [9.17, 15) is 14.5 Å². The summed E-state index contributed by atoms with van der Waals surface area (Å²) in [6.07, 6.45) is 3.43. The number of nitro benzene ring substituents is 1. The largest absolute Gasteiger partial charge is 0.496 e. The van der Waals surface area contributed by atoms with E-state index in [0.717, 1.165) is 11.6 Å². The van der Waals surface area contributed by atoms with E-state index < -0.39 is 16.8 Å². The summed E-state index contributed by atoms with van der Waals surface area (Å²) in [6.45, 7) is 0. The number of hydrogen-bond donors (Lipinski definition) is 1. The van der Waals surface area contributed by atoms with Gasteiger partial charge in [-0.15, -0.1) is 0 Å². The minimum atomic E-state index is -0.715. The predicted molar refractivity (Wildman–Crippen MR) is 94.7 cm³/mol. The smallest absolute Gasteiger partial charge is 0.272 e. The number of methoxy groups -OCH3 is 1. The minimum absolute atomic E-state index is 0.134. The highest BCUT2D eigenvalue weighted by atomic mass is 19.1. The van der Waals surface area contributed by atoms with Crippen molar-refractivity contribution in [3.05, 3.63) is 82.2 Å². The van der Waals surface area contributed by atoms with Crippen LogP contribution in [0.5, 0.6) is 5.75 Å². The van der Waals surface area contributed by atoms with Crippen molar-refractivity contribution in [3.8, 4) is 5.75 Å². The fourth-order valence-corrected chi connectivity index (χ4v) is 2.73. The third-order valence-corrected chi connectivity index (χ3v) is 4.03. The lowest BCUT2D eigenvalue weighted by Gasteiger charge is -2.22. The Bertz CT molecular complexity index is 942. The second-order valence-electron chi connectivity index (χ2n) is 5.64. The van der Waals surface area contributed by atoms with Gasteiger partial charge in [0.25, 0.3) is 5.69 Å². The standard InChI is InChI=1S/C18H17FN4O3/c1-22-10-9-20-18(22)17(13-5-3-4-6-16(13)26-2)21-15-8-7-12(23(24)25)11-14(15)19/h3-11,17,21H,1-2H3. The van der Waals surface area contributed by atoms with Gasteiger partial charge in [0, 0.05) is 31.1 Å². The Hall–Kier alpha value is -3.42. The minimum Gasteiger partial charge on any atom is -0.496 e. The second kappa shape index (κ2) is 7.22. The molecule has 8 heteroatoms. The fraction of sp³-hybridized carbons (Fsp3) is 0.167. The molecule has 0 spiro atoms. The van der Waals surface area contributed by atoms with Gasteiger partial charge in [-0.25, -0.2) is 9.37 Å². The molecule has 0 aliphatic heterocycles. The number of aryl methyl sites for hydroxylation is 1. The van der Waals surface area contributed by atoms with Gasteiger partial charge < -0.3 is 14.6 Å². The molecule has 1 heterocycles. The van der Waals surface area contributed by atoms with Crippen molar-refractivity contribution >= 4 is 11.4 Å². The molecule has 1 atom stereocenters. The predicted octanol–water partition coefficient (Wildman–Crippen LogP) is 3.68. The van der Waals surface area contributed by atoms with Crippen molar-refractivity contribution in [1.82, 2.24) is 9.55 Å². The molecule has 26 heavy (non-hydrogen) atoms. The molecule has 1 unspecified atom stereocenters. The zero-order valence-electron chi connectivity index (χ0n) is 14.2. The third-order valence-electron chi connectivity index (χ3n) is 4.03. The second-order valence-corrected chi connectivity index (χ2v) is 5.64. The van der Waals surface area contributed by atoms with Gasteiger partial charge >= 0.3 is 0 Å². The monoisotopic (exact) mass is 356 g/mol. The summed E-state index contributed by atoms with van der Waals surface area (Å²) < 4.78 is 21.6. The summed E-state index contributed by atoms with van der Waals surface area (Å²) in [5, 5.41) is 13.9. The molecule has 0 fully saturated rings. The van der Waals surface area contributed by atoms with E-state index in [0.29, 0.717) is 11.6 Å². The Labute approximate surface area is 149 Å². The molecule has 0 aliphatic rings. The van der Waals surface area contributed by atoms with Crippen molar-refractivity contribution < 1.29 is 14.1 Å². The van der Waals surface area contributed by atoms with Crippen LogP contribution in [-0.2, 0) is 7.05 Å². The highest BCUT2D eigenvalue weighted by Crippen LogP contribution is 2.33. The van der Waals surface area contributed by atoms with Crippen molar-refractivity contribution in [1.29, 1.82) is 0 Å². The Morgan fingerprint density at radius 2 is 2.08 bits per heavy atom. The van der Waals surface area contributed by atoms with E-state index in [1.807, 2.05) is 29.8 Å². The number of benzene rings is 2. The normalized spacial score (nSPS) is 11.8. The van der Waals surface area contributed by atoms with Crippen LogP contribution in [0.2, 0.25) is 0 Å². The summed E-state index contributed by atoms with van der Waals surface area (Å²) in [7, 11) is 3.39. The number of halogens is 1. The highest BCUT2D eigenvalue weighted by molar-refractivity contribution is 5.54. The summed E-state index contributed by atoms with van der Waals surface area (Å²) in [5.41, 5.74) is 0.593. The molecule has 134 valence electrons. The lowest BCUT2D eigenvalue weighted by molar-refractivity contribution is -0.385. The first-order valence-electron chi connectivity index (χ1n) is 7.82. The van der Waals surface area contributed by atoms with Crippen molar-refractivity contribution in [2.75, 3.05) is 12.4 Å². The number of anilines is 1. The SMILES string of the molecule is COc1ccccc1C(Nc1ccc([N+](=O)[O-])cc1F)c1nccn1C. The molecule has 7 nitrogen and oxygen atoms in total. The number of imidazole rings is 1. The molecule has 1 N–H and O–H groups in total. The average Bonchev–Trinajstić information content (AvgIpc) is 3.06. The molecular formula is C18H17FN4O3. The Balaban J connectivity index is 2.05. The lowest BCUT2D eigenvalue weighted by atomic mass is 10.0. The molecule has 1 aromatic heterocycles. The molecule has 0 saturated carbocycles. The number of hydrogen-bond acceptors (Lipinski definition) is 5. The number of non-ortho nitro benzene ring substituents is 1. The number of nitrogens with zero attached hydrogens (tertiary/aromatic N) is 3. The van der Waals surface area contributed by atoms with E-state index in [1.54, 1.807) is 25.6 Å². The van der Waals surface area contributed by atoms with Crippen molar-refractivity contribution in [2.24, 2.45) is 7.05 Å². The highest BCUT2D eigenvalue weighted by Gasteiger charge is 2.23. The van der Waals surface area contributed by atoms with E-state index in [2.05, 4.69) is 10.3 Å². The third kappa shape index (κ3) is 3.34. The van der Waals surface area contributed by atoms with Crippen LogP contribution in [0.25, 0.3) is 0 Å². The van der Waals surface area contributed by atoms with Gasteiger partial charge in [-0.3, -0.25) is 10.1 Å². The quantitative estimate of drug-likeness (QED) is 0.538. The number of ether oxygens (including phenoxy) is 1. The summed E-state index contributed by atoms with van der Waals surface area (Å²) >= 11 is 0. The van der Waals surface area contributed by atoms with E-state index in [-0.39, 0.29) is 11.4 Å². The summed E-state index contributed by atoms with van der Waals surface area (Å²) in [5.74, 6) is 0.552. The average molecular weight is 356 g/mol. The zero-order chi connectivity index (χ0) is 18.7. The molecule has 0 saturated heterocycles. The molecule has 3 rings (SSSR count). The van der Waals surface area contributed by atoms with Gasteiger partial charge in [-0.1, -0.05) is 18.2 Å². The molecule has 0 amide bonds. The first kappa shape index (κ1) is 17.4. The Morgan fingerprint density at radius 1 is 1.31 bits per heavy atom. The number of rotatable bonds is 6. The van der Waals surface area contributed by atoms with Crippen molar-refractivity contribution in [3.63, 3.8) is 0 Å². The number of para-hydroxylation sites is 1. The van der Waals surface area contributed by atoms with Gasteiger partial charge in [0.2, 0.25) is 0 Å². The van der Waals surface area contributed by atoms with Crippen LogP contribution < -0.4 is 10.1 Å². The van der Waals surface area contributed by atoms with Gasteiger partial charge in [-0.05, 0) is 12.1 Å². The Morgan fingerprint density at radius 3 is 2.69 bits per heavy atom. The van der Waals surface area contributed by atoms with Crippen LogP contribution >= 0.6 is 0 Å².